The first kappa shape index (κ1) is 13.1. The average Bonchev–Trinajstić information content (AvgIpc) is 2.40. The van der Waals surface area contributed by atoms with Crippen molar-refractivity contribution < 1.29 is 9.53 Å². The predicted octanol–water partition coefficient (Wildman–Crippen LogP) is 1.44. The standard InChI is InChI=1S/C14H20N2O2/c15-14(17)12-6-4-11(5-7-12)9-16-10-13-3-1-2-8-18-13/h4-7,13,16H,1-3,8-10H2,(H2,15,17). The summed E-state index contributed by atoms with van der Waals surface area (Å²) in [4.78, 5) is 10.9. The number of hydrogen-bond donors (Lipinski definition) is 2. The van der Waals surface area contributed by atoms with E-state index < -0.39 is 0 Å². The number of benzene rings is 1. The van der Waals surface area contributed by atoms with Gasteiger partial charge in [0.15, 0.2) is 0 Å². The van der Waals surface area contributed by atoms with Gasteiger partial charge in [0.05, 0.1) is 6.10 Å². The summed E-state index contributed by atoms with van der Waals surface area (Å²) in [7, 11) is 0. The van der Waals surface area contributed by atoms with Gasteiger partial charge in [-0.05, 0) is 37.0 Å². The molecule has 1 saturated heterocycles. The summed E-state index contributed by atoms with van der Waals surface area (Å²) in [5, 5.41) is 3.38. The van der Waals surface area contributed by atoms with Gasteiger partial charge in [-0.25, -0.2) is 0 Å². The Balaban J connectivity index is 1.74. The van der Waals surface area contributed by atoms with Crippen LogP contribution in [0.1, 0.15) is 35.2 Å². The molecule has 0 spiro atoms. The fourth-order valence-corrected chi connectivity index (χ4v) is 2.13. The second-order valence-electron chi connectivity index (χ2n) is 4.68. The van der Waals surface area contributed by atoms with E-state index in [1.807, 2.05) is 12.1 Å². The van der Waals surface area contributed by atoms with Crippen molar-refractivity contribution in [1.82, 2.24) is 5.32 Å². The third-order valence-electron chi connectivity index (χ3n) is 3.21. The molecule has 18 heavy (non-hydrogen) atoms. The molecular weight excluding hydrogens is 228 g/mol. The van der Waals surface area contributed by atoms with Crippen LogP contribution in [0, 0.1) is 0 Å². The normalized spacial score (nSPS) is 19.7. The van der Waals surface area contributed by atoms with Gasteiger partial charge in [-0.3, -0.25) is 4.79 Å². The molecule has 2 rings (SSSR count). The summed E-state index contributed by atoms with van der Waals surface area (Å²) >= 11 is 0. The fraction of sp³-hybridized carbons (Fsp3) is 0.500. The van der Waals surface area contributed by atoms with Gasteiger partial charge in [0.1, 0.15) is 0 Å². The molecular formula is C14H20N2O2. The van der Waals surface area contributed by atoms with Crippen molar-refractivity contribution in [2.45, 2.75) is 31.9 Å². The predicted molar refractivity (Wildman–Crippen MR) is 70.3 cm³/mol. The van der Waals surface area contributed by atoms with Crippen molar-refractivity contribution in [2.75, 3.05) is 13.2 Å². The van der Waals surface area contributed by atoms with Gasteiger partial charge in [0.2, 0.25) is 5.91 Å². The van der Waals surface area contributed by atoms with E-state index in [0.29, 0.717) is 11.7 Å². The topological polar surface area (TPSA) is 64.4 Å². The van der Waals surface area contributed by atoms with E-state index in [9.17, 15) is 4.79 Å². The van der Waals surface area contributed by atoms with Crippen LogP contribution in [0.2, 0.25) is 0 Å². The number of rotatable bonds is 5. The second kappa shape index (κ2) is 6.52. The van der Waals surface area contributed by atoms with Crippen LogP contribution in [0.3, 0.4) is 0 Å². The first-order valence-electron chi connectivity index (χ1n) is 6.47. The summed E-state index contributed by atoms with van der Waals surface area (Å²) in [5.74, 6) is -0.384. The molecule has 4 heteroatoms. The van der Waals surface area contributed by atoms with Crippen molar-refractivity contribution in [2.24, 2.45) is 5.73 Å². The summed E-state index contributed by atoms with van der Waals surface area (Å²) in [6.07, 6.45) is 3.95. The highest BCUT2D eigenvalue weighted by atomic mass is 16.5. The monoisotopic (exact) mass is 248 g/mol. The molecule has 98 valence electrons. The molecule has 3 N–H and O–H groups in total. The Hall–Kier alpha value is -1.39. The number of carbonyl (C=O) groups excluding carboxylic acids is 1. The number of amides is 1. The van der Waals surface area contributed by atoms with E-state index in [-0.39, 0.29) is 5.91 Å². The molecule has 0 aromatic heterocycles. The van der Waals surface area contributed by atoms with Crippen LogP contribution in [-0.4, -0.2) is 25.2 Å². The Bertz CT molecular complexity index is 383. The van der Waals surface area contributed by atoms with E-state index in [1.165, 1.54) is 12.8 Å². The minimum absolute atomic E-state index is 0.351. The number of primary amides is 1. The first-order chi connectivity index (χ1) is 8.75. The van der Waals surface area contributed by atoms with E-state index in [0.717, 1.165) is 31.7 Å². The smallest absolute Gasteiger partial charge is 0.248 e. The number of nitrogens with two attached hydrogens (primary N) is 1. The fourth-order valence-electron chi connectivity index (χ4n) is 2.13. The zero-order valence-corrected chi connectivity index (χ0v) is 10.5. The van der Waals surface area contributed by atoms with E-state index in [4.69, 9.17) is 10.5 Å². The lowest BCUT2D eigenvalue weighted by atomic mass is 10.1. The van der Waals surface area contributed by atoms with Crippen molar-refractivity contribution in [3.05, 3.63) is 35.4 Å². The molecule has 1 aliphatic rings. The van der Waals surface area contributed by atoms with Crippen molar-refractivity contribution in [1.29, 1.82) is 0 Å². The highest BCUT2D eigenvalue weighted by molar-refractivity contribution is 5.92. The minimum atomic E-state index is -0.384. The van der Waals surface area contributed by atoms with Gasteiger partial charge in [-0.2, -0.15) is 0 Å². The Kier molecular flexibility index (Phi) is 4.73. The molecule has 1 amide bonds. The molecule has 1 aliphatic heterocycles. The van der Waals surface area contributed by atoms with Crippen molar-refractivity contribution >= 4 is 5.91 Å². The van der Waals surface area contributed by atoms with E-state index in [2.05, 4.69) is 5.32 Å². The Morgan fingerprint density at radius 2 is 2.11 bits per heavy atom. The van der Waals surface area contributed by atoms with Crippen LogP contribution < -0.4 is 11.1 Å². The number of nitrogens with one attached hydrogen (secondary N) is 1. The summed E-state index contributed by atoms with van der Waals surface area (Å²) in [6, 6.07) is 7.37. The molecule has 4 nitrogen and oxygen atoms in total. The van der Waals surface area contributed by atoms with Gasteiger partial charge >= 0.3 is 0 Å². The van der Waals surface area contributed by atoms with E-state index in [1.54, 1.807) is 12.1 Å². The molecule has 0 saturated carbocycles. The average molecular weight is 248 g/mol. The summed E-state index contributed by atoms with van der Waals surface area (Å²) in [5.41, 5.74) is 6.89. The maximum absolute atomic E-state index is 10.9. The van der Waals surface area contributed by atoms with Gasteiger partial charge in [-0.15, -0.1) is 0 Å². The van der Waals surface area contributed by atoms with E-state index >= 15 is 0 Å². The minimum Gasteiger partial charge on any atom is -0.377 e. The number of carbonyl (C=O) groups is 1. The molecule has 1 heterocycles. The lowest BCUT2D eigenvalue weighted by Crippen LogP contribution is -2.31. The molecule has 0 aliphatic carbocycles. The second-order valence-corrected chi connectivity index (χ2v) is 4.68. The Morgan fingerprint density at radius 3 is 2.72 bits per heavy atom. The van der Waals surface area contributed by atoms with Gasteiger partial charge < -0.3 is 15.8 Å². The lowest BCUT2D eigenvalue weighted by molar-refractivity contribution is 0.0168. The van der Waals surface area contributed by atoms with Crippen molar-refractivity contribution in [3.8, 4) is 0 Å². The molecule has 1 unspecified atom stereocenters. The maximum atomic E-state index is 10.9. The molecule has 0 bridgehead atoms. The zero-order valence-electron chi connectivity index (χ0n) is 10.5. The van der Waals surface area contributed by atoms with Crippen molar-refractivity contribution in [3.63, 3.8) is 0 Å². The third kappa shape index (κ3) is 3.82. The Morgan fingerprint density at radius 1 is 1.33 bits per heavy atom. The van der Waals surface area contributed by atoms with Gasteiger partial charge in [0, 0.05) is 25.3 Å². The van der Waals surface area contributed by atoms with Crippen LogP contribution in [0.15, 0.2) is 24.3 Å². The zero-order chi connectivity index (χ0) is 12.8. The molecule has 1 atom stereocenters. The first-order valence-corrected chi connectivity index (χ1v) is 6.47. The maximum Gasteiger partial charge on any atom is 0.248 e. The molecule has 1 aromatic carbocycles. The lowest BCUT2D eigenvalue weighted by Gasteiger charge is -2.22. The van der Waals surface area contributed by atoms with Crippen LogP contribution in [0.5, 0.6) is 0 Å². The van der Waals surface area contributed by atoms with Gasteiger partial charge in [-0.1, -0.05) is 12.1 Å². The third-order valence-corrected chi connectivity index (χ3v) is 3.21. The molecule has 1 fully saturated rings. The number of hydrogen-bond acceptors (Lipinski definition) is 3. The van der Waals surface area contributed by atoms with Gasteiger partial charge in [0.25, 0.3) is 0 Å². The molecule has 0 radical (unpaired) electrons. The SMILES string of the molecule is NC(=O)c1ccc(CNCC2CCCCO2)cc1. The van der Waals surface area contributed by atoms with Crippen LogP contribution in [-0.2, 0) is 11.3 Å². The highest BCUT2D eigenvalue weighted by Crippen LogP contribution is 2.12. The van der Waals surface area contributed by atoms with Crippen LogP contribution in [0.25, 0.3) is 0 Å². The highest BCUT2D eigenvalue weighted by Gasteiger charge is 2.12. The number of ether oxygens (including phenoxy) is 1. The van der Waals surface area contributed by atoms with Crippen LogP contribution in [0.4, 0.5) is 0 Å². The molecule has 1 aromatic rings. The quantitative estimate of drug-likeness (QED) is 0.829. The summed E-state index contributed by atoms with van der Waals surface area (Å²) in [6.45, 7) is 2.57. The van der Waals surface area contributed by atoms with Crippen LogP contribution >= 0.6 is 0 Å². The largest absolute Gasteiger partial charge is 0.377 e. The Labute approximate surface area is 108 Å². The summed E-state index contributed by atoms with van der Waals surface area (Å²) < 4.78 is 5.64.